The van der Waals surface area contributed by atoms with E-state index in [1.54, 1.807) is 24.3 Å². The number of nitriles is 1. The highest BCUT2D eigenvalue weighted by Crippen LogP contribution is 2.30. The average Bonchev–Trinajstić information content (AvgIpc) is 2.62. The summed E-state index contributed by atoms with van der Waals surface area (Å²) in [5.74, 6) is -0.158. The minimum Gasteiger partial charge on any atom is -0.326 e. The zero-order valence-electron chi connectivity index (χ0n) is 13.1. The Bertz CT molecular complexity index is 998. The van der Waals surface area contributed by atoms with Crippen LogP contribution in [0.1, 0.15) is 11.1 Å². The number of nitrogens with two attached hydrogens (primary N) is 1. The molecule has 0 unspecified atom stereocenters. The van der Waals surface area contributed by atoms with Crippen LogP contribution in [0, 0.1) is 11.3 Å². The van der Waals surface area contributed by atoms with E-state index in [1.807, 2.05) is 30.3 Å². The molecule has 3 N–H and O–H groups in total. The molecular formula is C19H14ClN3OS. The smallest absolute Gasteiger partial charge is 0.228 e. The van der Waals surface area contributed by atoms with Gasteiger partial charge in [-0.15, -0.1) is 0 Å². The van der Waals surface area contributed by atoms with Gasteiger partial charge in [0, 0.05) is 15.6 Å². The molecular weight excluding hydrogens is 354 g/mol. The number of halogens is 1. The van der Waals surface area contributed by atoms with Crippen LogP contribution in [0.5, 0.6) is 0 Å². The maximum absolute atomic E-state index is 12.3. The van der Waals surface area contributed by atoms with Crippen molar-refractivity contribution in [1.82, 2.24) is 0 Å². The topological polar surface area (TPSA) is 78.9 Å². The van der Waals surface area contributed by atoms with Gasteiger partial charge in [0.1, 0.15) is 0 Å². The normalized spacial score (nSPS) is 10.4. The minimum absolute atomic E-state index is 0.158. The van der Waals surface area contributed by atoms with Crippen LogP contribution in [0.3, 0.4) is 0 Å². The van der Waals surface area contributed by atoms with E-state index >= 15 is 0 Å². The lowest BCUT2D eigenvalue weighted by atomic mass is 10.1. The number of fused-ring (bicyclic) bond motifs is 1. The number of hydrogen-bond donors (Lipinski definition) is 2. The van der Waals surface area contributed by atoms with Gasteiger partial charge in [0.2, 0.25) is 5.91 Å². The van der Waals surface area contributed by atoms with Crippen molar-refractivity contribution in [2.75, 3.05) is 5.32 Å². The molecule has 0 aliphatic rings. The molecule has 0 aromatic heterocycles. The maximum Gasteiger partial charge on any atom is 0.228 e. The summed E-state index contributed by atoms with van der Waals surface area (Å²) in [7, 11) is 0. The molecule has 3 aromatic carbocycles. The minimum atomic E-state index is -0.158. The molecule has 25 heavy (non-hydrogen) atoms. The fourth-order valence-electron chi connectivity index (χ4n) is 2.58. The molecule has 0 spiro atoms. The first-order valence-corrected chi connectivity index (χ1v) is 8.74. The van der Waals surface area contributed by atoms with Crippen molar-refractivity contribution < 1.29 is 4.79 Å². The molecule has 0 saturated heterocycles. The van der Waals surface area contributed by atoms with Gasteiger partial charge in [0.25, 0.3) is 0 Å². The Labute approximate surface area is 154 Å². The fourth-order valence-corrected chi connectivity index (χ4v) is 3.28. The average molecular weight is 368 g/mol. The second kappa shape index (κ2) is 7.58. The van der Waals surface area contributed by atoms with Gasteiger partial charge in [-0.3, -0.25) is 9.93 Å². The highest BCUT2D eigenvalue weighted by Gasteiger charge is 2.10. The summed E-state index contributed by atoms with van der Waals surface area (Å²) in [5, 5.41) is 20.0. The van der Waals surface area contributed by atoms with Crippen LogP contribution >= 0.6 is 23.5 Å². The molecule has 3 aromatic rings. The first-order chi connectivity index (χ1) is 12.1. The molecule has 0 fully saturated rings. The predicted octanol–water partition coefficient (Wildman–Crippen LogP) is 4.51. The van der Waals surface area contributed by atoms with E-state index in [9.17, 15) is 4.79 Å². The molecule has 0 saturated carbocycles. The quantitative estimate of drug-likeness (QED) is 0.665. The molecule has 124 valence electrons. The van der Waals surface area contributed by atoms with Gasteiger partial charge < -0.3 is 5.32 Å². The molecule has 0 aliphatic heterocycles. The third-order valence-corrected chi connectivity index (χ3v) is 4.73. The van der Waals surface area contributed by atoms with E-state index < -0.39 is 0 Å². The number of carbonyl (C=O) groups excluding carboxylic acids is 1. The SMILES string of the molecule is N#Cc1ccc2cc(NC(=O)Cc3ccccc3Cl)cc(SN)c2c1. The molecule has 0 atom stereocenters. The highest BCUT2D eigenvalue weighted by atomic mass is 35.5. The third kappa shape index (κ3) is 3.94. The van der Waals surface area contributed by atoms with Gasteiger partial charge >= 0.3 is 0 Å². The molecule has 6 heteroatoms. The van der Waals surface area contributed by atoms with E-state index in [4.69, 9.17) is 22.0 Å². The molecule has 4 nitrogen and oxygen atoms in total. The van der Waals surface area contributed by atoms with Crippen LogP contribution in [0.15, 0.2) is 59.5 Å². The number of hydrogen-bond acceptors (Lipinski definition) is 4. The Morgan fingerprint density at radius 1 is 1.20 bits per heavy atom. The van der Waals surface area contributed by atoms with E-state index in [1.165, 1.54) is 0 Å². The zero-order chi connectivity index (χ0) is 17.8. The first kappa shape index (κ1) is 17.3. The summed E-state index contributed by atoms with van der Waals surface area (Å²) in [6, 6.07) is 18.4. The number of rotatable bonds is 4. The lowest BCUT2D eigenvalue weighted by Crippen LogP contribution is -2.14. The summed E-state index contributed by atoms with van der Waals surface area (Å²) in [5.41, 5.74) is 2.00. The summed E-state index contributed by atoms with van der Waals surface area (Å²) >= 11 is 7.18. The largest absolute Gasteiger partial charge is 0.326 e. The van der Waals surface area contributed by atoms with E-state index in [0.29, 0.717) is 16.3 Å². The van der Waals surface area contributed by atoms with Crippen molar-refractivity contribution in [2.24, 2.45) is 5.14 Å². The Morgan fingerprint density at radius 2 is 2.00 bits per heavy atom. The Hall–Kier alpha value is -2.52. The van der Waals surface area contributed by atoms with Gasteiger partial charge in [-0.1, -0.05) is 35.9 Å². The Kier molecular flexibility index (Phi) is 5.25. The summed E-state index contributed by atoms with van der Waals surface area (Å²) in [6.07, 6.45) is 0.191. The lowest BCUT2D eigenvalue weighted by molar-refractivity contribution is -0.115. The van der Waals surface area contributed by atoms with Crippen molar-refractivity contribution in [1.29, 1.82) is 5.26 Å². The second-order valence-corrected chi connectivity index (χ2v) is 6.54. The van der Waals surface area contributed by atoms with Gasteiger partial charge in [-0.05, 0) is 58.6 Å². The second-order valence-electron chi connectivity index (χ2n) is 5.46. The van der Waals surface area contributed by atoms with E-state index in [2.05, 4.69) is 11.4 Å². The number of carbonyl (C=O) groups is 1. The van der Waals surface area contributed by atoms with Crippen molar-refractivity contribution >= 4 is 45.9 Å². The molecule has 0 heterocycles. The summed E-state index contributed by atoms with van der Waals surface area (Å²) in [6.45, 7) is 0. The van der Waals surface area contributed by atoms with Gasteiger partial charge in [0.15, 0.2) is 0 Å². The molecule has 0 bridgehead atoms. The van der Waals surface area contributed by atoms with Gasteiger partial charge in [-0.2, -0.15) is 5.26 Å². The Morgan fingerprint density at radius 3 is 2.72 bits per heavy atom. The van der Waals surface area contributed by atoms with Crippen LogP contribution in [-0.4, -0.2) is 5.91 Å². The van der Waals surface area contributed by atoms with Crippen molar-refractivity contribution in [3.05, 3.63) is 70.7 Å². The van der Waals surface area contributed by atoms with E-state index in [-0.39, 0.29) is 12.3 Å². The van der Waals surface area contributed by atoms with Crippen LogP contribution in [0.2, 0.25) is 5.02 Å². The predicted molar refractivity (Wildman–Crippen MR) is 102 cm³/mol. The van der Waals surface area contributed by atoms with Gasteiger partial charge in [0.05, 0.1) is 18.1 Å². The van der Waals surface area contributed by atoms with E-state index in [0.717, 1.165) is 33.2 Å². The van der Waals surface area contributed by atoms with Gasteiger partial charge in [-0.25, -0.2) is 0 Å². The van der Waals surface area contributed by atoms with Crippen molar-refractivity contribution in [2.45, 2.75) is 11.3 Å². The summed E-state index contributed by atoms with van der Waals surface area (Å²) < 4.78 is 0. The molecule has 0 aliphatic carbocycles. The first-order valence-electron chi connectivity index (χ1n) is 7.48. The van der Waals surface area contributed by atoms with Crippen LogP contribution in [0.25, 0.3) is 10.8 Å². The van der Waals surface area contributed by atoms with Crippen molar-refractivity contribution in [3.8, 4) is 6.07 Å². The number of anilines is 1. The Balaban J connectivity index is 1.87. The number of benzene rings is 3. The molecule has 0 radical (unpaired) electrons. The monoisotopic (exact) mass is 367 g/mol. The highest BCUT2D eigenvalue weighted by molar-refractivity contribution is 7.97. The van der Waals surface area contributed by atoms with Crippen LogP contribution in [-0.2, 0) is 11.2 Å². The number of nitrogens with one attached hydrogen (secondary N) is 1. The fraction of sp³-hybridized carbons (Fsp3) is 0.0526. The third-order valence-electron chi connectivity index (χ3n) is 3.77. The van der Waals surface area contributed by atoms with Crippen molar-refractivity contribution in [3.63, 3.8) is 0 Å². The number of amides is 1. The standard InChI is InChI=1S/C19H14ClN3OS/c20-17-4-2-1-3-14(17)9-19(24)23-15-8-13-6-5-12(11-21)7-16(13)18(10-15)25-22/h1-8,10H,9,22H2,(H,23,24). The molecule has 1 amide bonds. The molecule has 3 rings (SSSR count). The van der Waals surface area contributed by atoms with Crippen LogP contribution < -0.4 is 10.5 Å². The number of nitrogens with zero attached hydrogens (tertiary/aromatic N) is 1. The zero-order valence-corrected chi connectivity index (χ0v) is 14.7. The van der Waals surface area contributed by atoms with Crippen LogP contribution in [0.4, 0.5) is 5.69 Å². The summed E-state index contributed by atoms with van der Waals surface area (Å²) in [4.78, 5) is 13.1. The lowest BCUT2D eigenvalue weighted by Gasteiger charge is -2.11. The maximum atomic E-state index is 12.3.